The Labute approximate surface area is 148 Å². The van der Waals surface area contributed by atoms with Crippen LogP contribution in [0, 0.1) is 6.92 Å². The topological polar surface area (TPSA) is 75.0 Å². The molecular weight excluding hydrogens is 336 g/mol. The molecule has 0 N–H and O–H groups in total. The van der Waals surface area contributed by atoms with Crippen molar-refractivity contribution in [2.45, 2.75) is 19.8 Å². The minimum atomic E-state index is -0.429. The normalized spacial score (nSPS) is 12.3. The highest BCUT2D eigenvalue weighted by atomic mass is 16.7. The van der Waals surface area contributed by atoms with Crippen molar-refractivity contribution in [1.82, 2.24) is 0 Å². The first-order valence-corrected chi connectivity index (χ1v) is 8.22. The Morgan fingerprint density at radius 2 is 1.92 bits per heavy atom. The highest BCUT2D eigenvalue weighted by Crippen LogP contribution is 2.32. The molecule has 1 aliphatic rings. The number of rotatable bonds is 4. The van der Waals surface area contributed by atoms with Gasteiger partial charge in [-0.2, -0.15) is 0 Å². The number of esters is 1. The molecule has 2 heterocycles. The van der Waals surface area contributed by atoms with Gasteiger partial charge in [0.15, 0.2) is 11.5 Å². The van der Waals surface area contributed by atoms with E-state index in [1.165, 1.54) is 6.07 Å². The van der Waals surface area contributed by atoms with Gasteiger partial charge in [-0.3, -0.25) is 4.79 Å². The lowest BCUT2D eigenvalue weighted by Crippen LogP contribution is -2.09. The monoisotopic (exact) mass is 352 g/mol. The molecule has 3 aromatic rings. The lowest BCUT2D eigenvalue weighted by Gasteiger charge is -2.07. The van der Waals surface area contributed by atoms with Gasteiger partial charge in [0, 0.05) is 23.9 Å². The van der Waals surface area contributed by atoms with Crippen molar-refractivity contribution in [2.24, 2.45) is 0 Å². The van der Waals surface area contributed by atoms with Crippen molar-refractivity contribution in [1.29, 1.82) is 0 Å². The van der Waals surface area contributed by atoms with Gasteiger partial charge >= 0.3 is 11.6 Å². The van der Waals surface area contributed by atoms with E-state index in [0.717, 1.165) is 16.5 Å². The Kier molecular flexibility index (Phi) is 4.08. The maximum atomic E-state index is 12.1. The van der Waals surface area contributed by atoms with Crippen molar-refractivity contribution in [3.05, 3.63) is 64.0 Å². The highest BCUT2D eigenvalue weighted by molar-refractivity contribution is 5.82. The van der Waals surface area contributed by atoms with E-state index in [0.29, 0.717) is 29.3 Å². The number of hydrogen-bond donors (Lipinski definition) is 0. The Hall–Kier alpha value is -3.28. The molecule has 4 rings (SSSR count). The standard InChI is InChI=1S/C20H16O6/c1-12-8-20(22)26-17-10-14(4-5-15(12)17)25-19(21)7-3-13-2-6-16-18(9-13)24-11-23-16/h2,4-6,8-10H,3,7,11H2,1H3. The smallest absolute Gasteiger partial charge is 0.336 e. The summed E-state index contributed by atoms with van der Waals surface area (Å²) >= 11 is 0. The first-order valence-electron chi connectivity index (χ1n) is 8.22. The molecule has 0 saturated carbocycles. The summed E-state index contributed by atoms with van der Waals surface area (Å²) in [6, 6.07) is 12.0. The van der Waals surface area contributed by atoms with Gasteiger partial charge in [0.2, 0.25) is 6.79 Å². The molecule has 1 aliphatic heterocycles. The lowest BCUT2D eigenvalue weighted by molar-refractivity contribution is -0.134. The Balaban J connectivity index is 1.43. The van der Waals surface area contributed by atoms with Crippen LogP contribution in [0.15, 0.2) is 51.7 Å². The second-order valence-corrected chi connectivity index (χ2v) is 6.07. The lowest BCUT2D eigenvalue weighted by atomic mass is 10.1. The van der Waals surface area contributed by atoms with Crippen molar-refractivity contribution in [2.75, 3.05) is 6.79 Å². The van der Waals surface area contributed by atoms with Crippen LogP contribution in [0.4, 0.5) is 0 Å². The molecule has 1 aromatic heterocycles. The molecule has 0 aliphatic carbocycles. The van der Waals surface area contributed by atoms with E-state index in [4.69, 9.17) is 18.6 Å². The number of hydrogen-bond acceptors (Lipinski definition) is 6. The van der Waals surface area contributed by atoms with E-state index in [2.05, 4.69) is 0 Å². The van der Waals surface area contributed by atoms with Gasteiger partial charge in [-0.1, -0.05) is 6.07 Å². The van der Waals surface area contributed by atoms with Gasteiger partial charge < -0.3 is 18.6 Å². The van der Waals surface area contributed by atoms with Gasteiger partial charge in [0.1, 0.15) is 11.3 Å². The summed E-state index contributed by atoms with van der Waals surface area (Å²) in [5.41, 5.74) is 1.75. The average molecular weight is 352 g/mol. The predicted molar refractivity (Wildman–Crippen MR) is 93.7 cm³/mol. The summed E-state index contributed by atoms with van der Waals surface area (Å²) in [7, 11) is 0. The van der Waals surface area contributed by atoms with Crippen LogP contribution in [0.1, 0.15) is 17.5 Å². The van der Waals surface area contributed by atoms with Crippen molar-refractivity contribution in [3.63, 3.8) is 0 Å². The van der Waals surface area contributed by atoms with Crippen LogP contribution in [-0.4, -0.2) is 12.8 Å². The Bertz CT molecular complexity index is 1050. The number of benzene rings is 2. The molecule has 0 saturated heterocycles. The molecular formula is C20H16O6. The minimum Gasteiger partial charge on any atom is -0.454 e. The summed E-state index contributed by atoms with van der Waals surface area (Å²) in [6.07, 6.45) is 0.743. The summed E-state index contributed by atoms with van der Waals surface area (Å²) in [5.74, 6) is 1.39. The number of fused-ring (bicyclic) bond motifs is 2. The molecule has 0 spiro atoms. The van der Waals surface area contributed by atoms with Crippen LogP contribution in [0.5, 0.6) is 17.2 Å². The predicted octanol–water partition coefficient (Wildman–Crippen LogP) is 3.37. The quantitative estimate of drug-likeness (QED) is 0.407. The van der Waals surface area contributed by atoms with E-state index < -0.39 is 5.63 Å². The van der Waals surface area contributed by atoms with E-state index in [-0.39, 0.29) is 19.2 Å². The van der Waals surface area contributed by atoms with Gasteiger partial charge in [0.25, 0.3) is 0 Å². The molecule has 132 valence electrons. The first kappa shape index (κ1) is 16.2. The van der Waals surface area contributed by atoms with Crippen molar-refractivity contribution >= 4 is 16.9 Å². The Morgan fingerprint density at radius 3 is 2.81 bits per heavy atom. The molecule has 6 nitrogen and oxygen atoms in total. The van der Waals surface area contributed by atoms with Gasteiger partial charge in [-0.25, -0.2) is 4.79 Å². The third-order valence-corrected chi connectivity index (χ3v) is 4.21. The van der Waals surface area contributed by atoms with Crippen LogP contribution in [-0.2, 0) is 11.2 Å². The third kappa shape index (κ3) is 3.26. The molecule has 0 atom stereocenters. The third-order valence-electron chi connectivity index (χ3n) is 4.21. The number of ether oxygens (including phenoxy) is 3. The summed E-state index contributed by atoms with van der Waals surface area (Å²) < 4.78 is 21.1. The summed E-state index contributed by atoms with van der Waals surface area (Å²) in [4.78, 5) is 23.6. The fourth-order valence-electron chi connectivity index (χ4n) is 2.89. The highest BCUT2D eigenvalue weighted by Gasteiger charge is 2.14. The van der Waals surface area contributed by atoms with Gasteiger partial charge in [-0.15, -0.1) is 0 Å². The number of aryl methyl sites for hydroxylation is 2. The summed E-state index contributed by atoms with van der Waals surface area (Å²) in [5, 5.41) is 0.810. The zero-order valence-corrected chi connectivity index (χ0v) is 14.1. The molecule has 0 amide bonds. The number of carbonyl (C=O) groups is 1. The van der Waals surface area contributed by atoms with Crippen LogP contribution >= 0.6 is 0 Å². The van der Waals surface area contributed by atoms with Crippen molar-refractivity contribution in [3.8, 4) is 17.2 Å². The molecule has 0 bridgehead atoms. The maximum Gasteiger partial charge on any atom is 0.336 e. The van der Waals surface area contributed by atoms with Crippen LogP contribution in [0.3, 0.4) is 0 Å². The molecule has 0 unspecified atom stereocenters. The zero-order chi connectivity index (χ0) is 18.1. The van der Waals surface area contributed by atoms with Crippen molar-refractivity contribution < 1.29 is 23.4 Å². The summed E-state index contributed by atoms with van der Waals surface area (Å²) in [6.45, 7) is 2.05. The van der Waals surface area contributed by atoms with E-state index in [9.17, 15) is 9.59 Å². The first-order chi connectivity index (χ1) is 12.6. The van der Waals surface area contributed by atoms with Gasteiger partial charge in [-0.05, 0) is 48.7 Å². The van der Waals surface area contributed by atoms with E-state index >= 15 is 0 Å². The number of carbonyl (C=O) groups excluding carboxylic acids is 1. The molecule has 0 fully saturated rings. The second kappa shape index (κ2) is 6.55. The molecule has 26 heavy (non-hydrogen) atoms. The largest absolute Gasteiger partial charge is 0.454 e. The Morgan fingerprint density at radius 1 is 1.08 bits per heavy atom. The fraction of sp³-hybridized carbons (Fsp3) is 0.200. The van der Waals surface area contributed by atoms with Gasteiger partial charge in [0.05, 0.1) is 0 Å². The maximum absolute atomic E-state index is 12.1. The fourth-order valence-corrected chi connectivity index (χ4v) is 2.89. The van der Waals surface area contributed by atoms with Crippen LogP contribution in [0.25, 0.3) is 11.0 Å². The average Bonchev–Trinajstić information content (AvgIpc) is 3.07. The van der Waals surface area contributed by atoms with E-state index in [1.807, 2.05) is 25.1 Å². The second-order valence-electron chi connectivity index (χ2n) is 6.07. The molecule has 6 heteroatoms. The SMILES string of the molecule is Cc1cc(=O)oc2cc(OC(=O)CCc3ccc4c(c3)OCO4)ccc12. The van der Waals surface area contributed by atoms with E-state index in [1.54, 1.807) is 18.2 Å². The minimum absolute atomic E-state index is 0.218. The molecule has 2 aromatic carbocycles. The van der Waals surface area contributed by atoms with Crippen LogP contribution in [0.2, 0.25) is 0 Å². The zero-order valence-electron chi connectivity index (χ0n) is 14.1. The van der Waals surface area contributed by atoms with Crippen LogP contribution < -0.4 is 19.8 Å². The molecule has 0 radical (unpaired) electrons.